The highest BCUT2D eigenvalue weighted by molar-refractivity contribution is 9.10. The molecule has 7 heteroatoms. The Balaban J connectivity index is 1.79. The summed E-state index contributed by atoms with van der Waals surface area (Å²) >= 11 is 3.61. The number of piperazine rings is 1. The van der Waals surface area contributed by atoms with Gasteiger partial charge in [-0.2, -0.15) is 0 Å². The van der Waals surface area contributed by atoms with Gasteiger partial charge in [-0.05, 0) is 24.1 Å². The van der Waals surface area contributed by atoms with Crippen molar-refractivity contribution in [3.05, 3.63) is 22.2 Å². The van der Waals surface area contributed by atoms with E-state index in [1.54, 1.807) is 19.1 Å². The molecule has 0 aromatic heterocycles. The van der Waals surface area contributed by atoms with Crippen LogP contribution in [-0.4, -0.2) is 62.9 Å². The molecule has 2 rings (SSSR count). The van der Waals surface area contributed by atoms with E-state index in [0.717, 1.165) is 42.5 Å². The molecule has 0 radical (unpaired) electrons. The van der Waals surface area contributed by atoms with Crippen LogP contribution in [0.2, 0.25) is 0 Å². The van der Waals surface area contributed by atoms with Crippen LogP contribution < -0.4 is 9.47 Å². The van der Waals surface area contributed by atoms with E-state index in [9.17, 15) is 4.79 Å². The molecule has 0 spiro atoms. The molecule has 1 aromatic carbocycles. The highest BCUT2D eigenvalue weighted by atomic mass is 79.9. The van der Waals surface area contributed by atoms with Crippen molar-refractivity contribution in [3.8, 4) is 23.3 Å². The summed E-state index contributed by atoms with van der Waals surface area (Å²) in [7, 11) is 3.26. The lowest BCUT2D eigenvalue weighted by atomic mass is 10.1. The average molecular weight is 453 g/mol. The van der Waals surface area contributed by atoms with Crippen molar-refractivity contribution >= 4 is 22.0 Å². The van der Waals surface area contributed by atoms with Gasteiger partial charge in [0.2, 0.25) is 0 Å². The molecule has 1 fully saturated rings. The first kappa shape index (κ1) is 22.4. The van der Waals surface area contributed by atoms with Gasteiger partial charge in [-0.15, -0.1) is 5.92 Å². The number of benzene rings is 1. The van der Waals surface area contributed by atoms with Crippen LogP contribution in [0.4, 0.5) is 4.79 Å². The average Bonchev–Trinajstić information content (AvgIpc) is 2.72. The van der Waals surface area contributed by atoms with Gasteiger partial charge in [-0.25, -0.2) is 4.79 Å². The summed E-state index contributed by atoms with van der Waals surface area (Å²) in [6, 6.07) is 3.91. The Bertz CT molecular complexity index is 706. The molecule has 1 saturated heterocycles. The maximum atomic E-state index is 12.2. The smallest absolute Gasteiger partial charge is 0.409 e. The summed E-state index contributed by atoms with van der Waals surface area (Å²) in [5.41, 5.74) is 1.12. The fraction of sp³-hybridized carbons (Fsp3) is 0.571. The second-order valence-electron chi connectivity index (χ2n) is 6.53. The van der Waals surface area contributed by atoms with E-state index in [4.69, 9.17) is 14.2 Å². The number of carbonyl (C=O) groups is 1. The van der Waals surface area contributed by atoms with E-state index in [1.807, 2.05) is 12.1 Å². The van der Waals surface area contributed by atoms with Crippen LogP contribution in [-0.2, 0) is 11.3 Å². The van der Waals surface area contributed by atoms with E-state index in [2.05, 4.69) is 39.6 Å². The highest BCUT2D eigenvalue weighted by Crippen LogP contribution is 2.34. The number of halogens is 1. The van der Waals surface area contributed by atoms with Crippen LogP contribution in [0.5, 0.6) is 11.5 Å². The number of nitrogens with zero attached hydrogens (tertiary/aromatic N) is 2. The standard InChI is InChI=1S/C21H29BrN2O4/c1-4-5-6-7-8-13-28-21(25)24-11-9-23(10-12-24)16-17-14-19(26-2)20(27-3)15-18(17)22/h14-15H,4-5,8-13,16H2,1-3H3. The van der Waals surface area contributed by atoms with E-state index < -0.39 is 0 Å². The van der Waals surface area contributed by atoms with Crippen LogP contribution in [0.3, 0.4) is 0 Å². The molecule has 1 amide bonds. The zero-order valence-corrected chi connectivity index (χ0v) is 18.5. The molecule has 1 aliphatic rings. The molecule has 154 valence electrons. The van der Waals surface area contributed by atoms with Crippen molar-refractivity contribution in [2.45, 2.75) is 32.7 Å². The van der Waals surface area contributed by atoms with Gasteiger partial charge in [0.1, 0.15) is 6.61 Å². The summed E-state index contributed by atoms with van der Waals surface area (Å²) in [5, 5.41) is 0. The molecular weight excluding hydrogens is 424 g/mol. The Morgan fingerprint density at radius 1 is 1.07 bits per heavy atom. The Morgan fingerprint density at radius 2 is 1.71 bits per heavy atom. The van der Waals surface area contributed by atoms with Gasteiger partial charge in [-0.3, -0.25) is 4.90 Å². The molecule has 28 heavy (non-hydrogen) atoms. The number of hydrogen-bond donors (Lipinski definition) is 0. The lowest BCUT2D eigenvalue weighted by Gasteiger charge is -2.34. The van der Waals surface area contributed by atoms with Crippen LogP contribution in [0.1, 0.15) is 31.7 Å². The Hall–Kier alpha value is -1.91. The Morgan fingerprint density at radius 3 is 2.36 bits per heavy atom. The van der Waals surface area contributed by atoms with Crippen molar-refractivity contribution in [1.29, 1.82) is 0 Å². The highest BCUT2D eigenvalue weighted by Gasteiger charge is 2.23. The molecule has 1 heterocycles. The fourth-order valence-corrected chi connectivity index (χ4v) is 3.38. The third-order valence-corrected chi connectivity index (χ3v) is 5.27. The van der Waals surface area contributed by atoms with Gasteiger partial charge in [-0.1, -0.05) is 28.8 Å². The monoisotopic (exact) mass is 452 g/mol. The van der Waals surface area contributed by atoms with Crippen molar-refractivity contribution in [1.82, 2.24) is 9.80 Å². The van der Waals surface area contributed by atoms with Crippen molar-refractivity contribution in [2.24, 2.45) is 0 Å². The molecule has 6 nitrogen and oxygen atoms in total. The largest absolute Gasteiger partial charge is 0.493 e. The third-order valence-electron chi connectivity index (χ3n) is 4.53. The van der Waals surface area contributed by atoms with E-state index >= 15 is 0 Å². The van der Waals surface area contributed by atoms with Gasteiger partial charge in [0.25, 0.3) is 0 Å². The molecule has 1 aromatic rings. The fourth-order valence-electron chi connectivity index (χ4n) is 2.93. The van der Waals surface area contributed by atoms with Crippen molar-refractivity contribution in [2.75, 3.05) is 47.0 Å². The van der Waals surface area contributed by atoms with E-state index in [-0.39, 0.29) is 6.09 Å². The van der Waals surface area contributed by atoms with Gasteiger partial charge in [0.05, 0.1) is 14.2 Å². The maximum absolute atomic E-state index is 12.2. The number of hydrogen-bond acceptors (Lipinski definition) is 5. The molecule has 0 N–H and O–H groups in total. The summed E-state index contributed by atoms with van der Waals surface area (Å²) < 4.78 is 17.0. The number of unbranched alkanes of at least 4 members (excludes halogenated alkanes) is 1. The zero-order chi connectivity index (χ0) is 20.4. The Kier molecular flexibility index (Phi) is 9.45. The molecule has 1 aliphatic heterocycles. The number of rotatable bonds is 7. The third kappa shape index (κ3) is 6.61. The van der Waals surface area contributed by atoms with Crippen LogP contribution in [0.25, 0.3) is 0 Å². The summed E-state index contributed by atoms with van der Waals surface area (Å²) in [6.07, 6.45) is 2.30. The summed E-state index contributed by atoms with van der Waals surface area (Å²) in [6.45, 7) is 6.14. The quantitative estimate of drug-likeness (QED) is 0.463. The molecule has 0 bridgehead atoms. The first-order valence-electron chi connectivity index (χ1n) is 9.59. The van der Waals surface area contributed by atoms with Crippen LogP contribution in [0.15, 0.2) is 16.6 Å². The topological polar surface area (TPSA) is 51.2 Å². The second kappa shape index (κ2) is 11.8. The number of carbonyl (C=O) groups excluding carboxylic acids is 1. The lowest BCUT2D eigenvalue weighted by molar-refractivity contribution is 0.0758. The minimum Gasteiger partial charge on any atom is -0.493 e. The lowest BCUT2D eigenvalue weighted by Crippen LogP contribution is -2.48. The van der Waals surface area contributed by atoms with Crippen molar-refractivity contribution < 1.29 is 19.0 Å². The van der Waals surface area contributed by atoms with E-state index in [0.29, 0.717) is 37.6 Å². The van der Waals surface area contributed by atoms with Crippen LogP contribution in [0, 0.1) is 11.8 Å². The number of ether oxygens (including phenoxy) is 3. The Labute approximate surface area is 176 Å². The molecule has 0 aliphatic carbocycles. The molecule has 0 saturated carbocycles. The van der Waals surface area contributed by atoms with Gasteiger partial charge in [0.15, 0.2) is 11.5 Å². The van der Waals surface area contributed by atoms with E-state index in [1.165, 1.54) is 0 Å². The molecule has 0 unspecified atom stereocenters. The van der Waals surface area contributed by atoms with Gasteiger partial charge >= 0.3 is 6.09 Å². The summed E-state index contributed by atoms with van der Waals surface area (Å²) in [5.74, 6) is 7.49. The number of methoxy groups -OCH3 is 2. The SMILES string of the molecule is CCCC#CCCOC(=O)N1CCN(Cc2cc(OC)c(OC)cc2Br)CC1. The second-order valence-corrected chi connectivity index (χ2v) is 7.38. The first-order valence-corrected chi connectivity index (χ1v) is 10.4. The minimum atomic E-state index is -0.246. The first-order chi connectivity index (χ1) is 13.6. The van der Waals surface area contributed by atoms with Gasteiger partial charge < -0.3 is 19.1 Å². The number of amides is 1. The molecular formula is C21H29BrN2O4. The minimum absolute atomic E-state index is 0.246. The predicted molar refractivity (Wildman–Crippen MR) is 113 cm³/mol. The van der Waals surface area contributed by atoms with Gasteiger partial charge in [0, 0.05) is 50.0 Å². The normalized spacial score (nSPS) is 14.2. The predicted octanol–water partition coefficient (Wildman–Crippen LogP) is 3.91. The molecule has 0 atom stereocenters. The zero-order valence-electron chi connectivity index (χ0n) is 16.9. The summed E-state index contributed by atoms with van der Waals surface area (Å²) in [4.78, 5) is 16.2. The van der Waals surface area contributed by atoms with Crippen molar-refractivity contribution in [3.63, 3.8) is 0 Å². The van der Waals surface area contributed by atoms with Crippen LogP contribution >= 0.6 is 15.9 Å². The maximum Gasteiger partial charge on any atom is 0.409 e.